The van der Waals surface area contributed by atoms with E-state index in [1.54, 1.807) is 0 Å². The number of rotatable bonds is 8. The molecule has 2 heteroatoms. The molecule has 3 rings (SSSR count). The zero-order valence-electron chi connectivity index (χ0n) is 25.0. The molecular weight excluding hydrogens is 424 g/mol. The van der Waals surface area contributed by atoms with E-state index in [9.17, 15) is 0 Å². The van der Waals surface area contributed by atoms with Crippen molar-refractivity contribution in [3.8, 4) is 0 Å². The molecule has 2 aliphatic rings. The molecule has 1 aliphatic carbocycles. The van der Waals surface area contributed by atoms with Crippen molar-refractivity contribution in [2.24, 2.45) is 17.3 Å². The van der Waals surface area contributed by atoms with Crippen LogP contribution in [0.5, 0.6) is 0 Å². The molecule has 0 N–H and O–H groups in total. The predicted octanol–water partition coefficient (Wildman–Crippen LogP) is 9.39. The molecule has 1 saturated heterocycles. The number of unbranched alkanes of at least 4 members (excludes halogenated alkanes) is 1. The summed E-state index contributed by atoms with van der Waals surface area (Å²) >= 11 is 0. The number of piperazine rings is 1. The fourth-order valence-electron chi connectivity index (χ4n) is 5.21. The number of anilines is 1. The Labute approximate surface area is 220 Å². The average Bonchev–Trinajstić information content (AvgIpc) is 2.85. The Bertz CT molecular complexity index is 672. The molecule has 1 atom stereocenters. The minimum Gasteiger partial charge on any atom is -0.369 e. The highest BCUT2D eigenvalue weighted by molar-refractivity contribution is 5.54. The van der Waals surface area contributed by atoms with E-state index in [1.165, 1.54) is 101 Å². The first-order valence-corrected chi connectivity index (χ1v) is 14.9. The van der Waals surface area contributed by atoms with Gasteiger partial charge in [-0.1, -0.05) is 98.1 Å². The Morgan fingerprint density at radius 3 is 2.00 bits per heavy atom. The quantitative estimate of drug-likeness (QED) is 0.339. The number of allylic oxidation sites excluding steroid dienone is 1. The van der Waals surface area contributed by atoms with Crippen molar-refractivity contribution in [3.63, 3.8) is 0 Å². The fraction of sp³-hybridized carbons (Fsp3) is 0.758. The first-order chi connectivity index (χ1) is 16.7. The zero-order chi connectivity index (χ0) is 26.3. The standard InChI is InChI=1S/C18H30N2.C11H20.C4H10/c1-4-8-16(3)15-19-11-13-20(14-12-19)18-10-7-6-9-17(18)5-2;1-9(2)10-5-7-11(3,4)8-6-10;1-3-4-2/h6-7,9-10,16H,4-5,8,11-15H2,1-3H3;10H,1,5-8H2,2-4H3;3-4H2,1-2H3. The van der Waals surface area contributed by atoms with Crippen molar-refractivity contribution in [1.82, 2.24) is 4.90 Å². The van der Waals surface area contributed by atoms with Crippen LogP contribution in [0.25, 0.3) is 0 Å². The lowest BCUT2D eigenvalue weighted by atomic mass is 9.71. The molecule has 1 aliphatic heterocycles. The zero-order valence-corrected chi connectivity index (χ0v) is 25.0. The SMILES string of the molecule is C=C(C)C1CCC(C)(C)CC1.CCCC.CCCC(C)CN1CCN(c2ccccc2CC)CC1. The summed E-state index contributed by atoms with van der Waals surface area (Å²) in [5.41, 5.74) is 4.93. The smallest absolute Gasteiger partial charge is 0.0399 e. The van der Waals surface area contributed by atoms with Crippen LogP contribution in [0.3, 0.4) is 0 Å². The molecule has 1 saturated carbocycles. The van der Waals surface area contributed by atoms with Crippen LogP contribution in [0.2, 0.25) is 0 Å². The Morgan fingerprint density at radius 1 is 0.943 bits per heavy atom. The van der Waals surface area contributed by atoms with Gasteiger partial charge in [0.1, 0.15) is 0 Å². The van der Waals surface area contributed by atoms with Gasteiger partial charge in [-0.15, -0.1) is 0 Å². The van der Waals surface area contributed by atoms with Gasteiger partial charge in [-0.3, -0.25) is 4.90 Å². The first-order valence-electron chi connectivity index (χ1n) is 14.9. The second-order valence-electron chi connectivity index (χ2n) is 11.9. The summed E-state index contributed by atoms with van der Waals surface area (Å²) in [6, 6.07) is 8.88. The lowest BCUT2D eigenvalue weighted by Crippen LogP contribution is -2.47. The molecule has 2 nitrogen and oxygen atoms in total. The van der Waals surface area contributed by atoms with E-state index in [2.05, 4.69) is 96.0 Å². The van der Waals surface area contributed by atoms with Gasteiger partial charge in [0.25, 0.3) is 0 Å². The number of aryl methyl sites for hydroxylation is 1. The maximum Gasteiger partial charge on any atom is 0.0399 e. The van der Waals surface area contributed by atoms with Crippen LogP contribution < -0.4 is 4.90 Å². The molecule has 0 spiro atoms. The third kappa shape index (κ3) is 12.5. The van der Waals surface area contributed by atoms with Crippen molar-refractivity contribution >= 4 is 5.69 Å². The topological polar surface area (TPSA) is 6.48 Å². The van der Waals surface area contributed by atoms with Gasteiger partial charge in [-0.25, -0.2) is 0 Å². The summed E-state index contributed by atoms with van der Waals surface area (Å²) in [5, 5.41) is 0. The third-order valence-corrected chi connectivity index (χ3v) is 7.97. The molecule has 0 amide bonds. The van der Waals surface area contributed by atoms with Crippen molar-refractivity contribution in [2.45, 2.75) is 113 Å². The van der Waals surface area contributed by atoms with Crippen LogP contribution in [-0.2, 0) is 6.42 Å². The highest BCUT2D eigenvalue weighted by Gasteiger charge is 2.26. The van der Waals surface area contributed by atoms with Crippen LogP contribution >= 0.6 is 0 Å². The molecule has 0 aromatic heterocycles. The normalized spacial score (nSPS) is 19.1. The van der Waals surface area contributed by atoms with Gasteiger partial charge in [0.2, 0.25) is 0 Å². The highest BCUT2D eigenvalue weighted by atomic mass is 15.3. The number of para-hydroxylation sites is 1. The van der Waals surface area contributed by atoms with Gasteiger partial charge in [0, 0.05) is 38.4 Å². The van der Waals surface area contributed by atoms with E-state index >= 15 is 0 Å². The van der Waals surface area contributed by atoms with Crippen molar-refractivity contribution in [2.75, 3.05) is 37.6 Å². The minimum absolute atomic E-state index is 0.603. The van der Waals surface area contributed by atoms with Crippen LogP contribution in [-0.4, -0.2) is 37.6 Å². The second-order valence-corrected chi connectivity index (χ2v) is 11.9. The fourth-order valence-corrected chi connectivity index (χ4v) is 5.21. The summed E-state index contributed by atoms with van der Waals surface area (Å²) in [6.45, 7) is 28.3. The molecule has 1 aromatic carbocycles. The summed E-state index contributed by atoms with van der Waals surface area (Å²) in [7, 11) is 0. The van der Waals surface area contributed by atoms with Gasteiger partial charge in [-0.2, -0.15) is 0 Å². The minimum atomic E-state index is 0.603. The van der Waals surface area contributed by atoms with Crippen molar-refractivity contribution < 1.29 is 0 Å². The predicted molar refractivity (Wildman–Crippen MR) is 160 cm³/mol. The van der Waals surface area contributed by atoms with E-state index in [4.69, 9.17) is 0 Å². The monoisotopic (exact) mass is 484 g/mol. The van der Waals surface area contributed by atoms with Gasteiger partial charge < -0.3 is 4.90 Å². The van der Waals surface area contributed by atoms with Crippen LogP contribution in [0.15, 0.2) is 36.4 Å². The molecule has 35 heavy (non-hydrogen) atoms. The Kier molecular flexibility index (Phi) is 15.6. The van der Waals surface area contributed by atoms with E-state index in [1.807, 2.05) is 0 Å². The highest BCUT2D eigenvalue weighted by Crippen LogP contribution is 2.40. The Balaban J connectivity index is 0.000000342. The van der Waals surface area contributed by atoms with E-state index in [-0.39, 0.29) is 0 Å². The molecule has 1 unspecified atom stereocenters. The molecule has 1 heterocycles. The molecule has 2 fully saturated rings. The first kappa shape index (κ1) is 31.7. The second kappa shape index (κ2) is 17.2. The average molecular weight is 485 g/mol. The number of nitrogens with zero attached hydrogens (tertiary/aromatic N) is 2. The van der Waals surface area contributed by atoms with E-state index in [0.29, 0.717) is 5.41 Å². The summed E-state index contributed by atoms with van der Waals surface area (Å²) in [4.78, 5) is 5.21. The van der Waals surface area contributed by atoms with Gasteiger partial charge in [0.05, 0.1) is 0 Å². The number of benzene rings is 1. The third-order valence-electron chi connectivity index (χ3n) is 7.97. The van der Waals surface area contributed by atoms with Gasteiger partial charge >= 0.3 is 0 Å². The Hall–Kier alpha value is -1.28. The summed E-state index contributed by atoms with van der Waals surface area (Å²) in [6.07, 6.45) is 11.9. The number of hydrogen-bond acceptors (Lipinski definition) is 2. The lowest BCUT2D eigenvalue weighted by molar-refractivity contribution is 0.208. The van der Waals surface area contributed by atoms with Crippen molar-refractivity contribution in [3.05, 3.63) is 42.0 Å². The van der Waals surface area contributed by atoms with E-state index in [0.717, 1.165) is 18.3 Å². The molecular formula is C33H60N2. The van der Waals surface area contributed by atoms with E-state index < -0.39 is 0 Å². The summed E-state index contributed by atoms with van der Waals surface area (Å²) in [5.74, 6) is 1.66. The number of hydrogen-bond donors (Lipinski definition) is 0. The Morgan fingerprint density at radius 2 is 1.51 bits per heavy atom. The van der Waals surface area contributed by atoms with Gasteiger partial charge in [0.15, 0.2) is 0 Å². The molecule has 0 bridgehead atoms. The van der Waals surface area contributed by atoms with Crippen LogP contribution in [0.4, 0.5) is 5.69 Å². The van der Waals surface area contributed by atoms with Gasteiger partial charge in [-0.05, 0) is 74.3 Å². The van der Waals surface area contributed by atoms with Crippen LogP contribution in [0.1, 0.15) is 112 Å². The molecule has 202 valence electrons. The molecule has 0 radical (unpaired) electrons. The molecule has 1 aromatic rings. The summed E-state index contributed by atoms with van der Waals surface area (Å²) < 4.78 is 0. The maximum absolute atomic E-state index is 4.03. The van der Waals surface area contributed by atoms with Crippen molar-refractivity contribution in [1.29, 1.82) is 0 Å². The maximum atomic E-state index is 4.03. The largest absolute Gasteiger partial charge is 0.369 e. The lowest BCUT2D eigenvalue weighted by Gasteiger charge is -2.38. The van der Waals surface area contributed by atoms with Crippen LogP contribution in [0, 0.1) is 17.3 Å².